The highest BCUT2D eigenvalue weighted by Crippen LogP contribution is 2.67. The van der Waals surface area contributed by atoms with Crippen molar-refractivity contribution in [2.24, 2.45) is 34.5 Å². The Labute approximate surface area is 151 Å². The van der Waals surface area contributed by atoms with E-state index in [2.05, 4.69) is 13.8 Å². The van der Waals surface area contributed by atoms with Crippen molar-refractivity contribution in [1.29, 1.82) is 0 Å². The highest BCUT2D eigenvalue weighted by Gasteiger charge is 2.58. The molecular weight excluding hydrogens is 312 g/mol. The van der Waals surface area contributed by atoms with Crippen LogP contribution >= 0.6 is 0 Å². The maximum Gasteiger partial charge on any atom is 0.303 e. The minimum Gasteiger partial charge on any atom is -0.481 e. The lowest BCUT2D eigenvalue weighted by Gasteiger charge is -2.58. The van der Waals surface area contributed by atoms with Crippen LogP contribution in [0.5, 0.6) is 0 Å². The average molecular weight is 344 g/mol. The predicted molar refractivity (Wildman–Crippen MR) is 97.1 cm³/mol. The van der Waals surface area contributed by atoms with Gasteiger partial charge in [-0.05, 0) is 91.9 Å². The third-order valence-electron chi connectivity index (χ3n) is 8.87. The van der Waals surface area contributed by atoms with Crippen molar-refractivity contribution in [1.82, 2.24) is 0 Å². The van der Waals surface area contributed by atoms with Crippen molar-refractivity contribution >= 4 is 11.8 Å². The fourth-order valence-electron chi connectivity index (χ4n) is 7.44. The van der Waals surface area contributed by atoms with E-state index in [0.717, 1.165) is 43.4 Å². The van der Waals surface area contributed by atoms with Gasteiger partial charge in [0.15, 0.2) is 5.78 Å². The number of carbonyl (C=O) groups is 2. The summed E-state index contributed by atoms with van der Waals surface area (Å²) in [5.41, 5.74) is 2.03. The number of carboxylic acids is 1. The van der Waals surface area contributed by atoms with Gasteiger partial charge in [-0.2, -0.15) is 0 Å². The number of hydrogen-bond acceptors (Lipinski definition) is 2. The number of hydrogen-bond donors (Lipinski definition) is 1. The quantitative estimate of drug-likeness (QED) is 0.784. The van der Waals surface area contributed by atoms with E-state index in [-0.39, 0.29) is 5.41 Å². The standard InChI is InChI=1S/C22H32O3/c1-21-12-10-19-17(18(21)7-4-14(21)5-8-20(24)25)6-3-15-13-16(23)9-11-22(15,19)2/h13-14,17-19H,3-12H2,1-2H3,(H,24,25)/t14-,17-,18-,19-,21+,22-/m0/s1. The maximum atomic E-state index is 11.9. The van der Waals surface area contributed by atoms with E-state index in [9.17, 15) is 9.59 Å². The Balaban J connectivity index is 1.57. The molecule has 3 saturated carbocycles. The maximum absolute atomic E-state index is 11.9. The van der Waals surface area contributed by atoms with Crippen LogP contribution in [0.15, 0.2) is 11.6 Å². The zero-order chi connectivity index (χ0) is 17.8. The van der Waals surface area contributed by atoms with E-state index in [1.54, 1.807) is 0 Å². The molecule has 4 rings (SSSR count). The summed E-state index contributed by atoms with van der Waals surface area (Å²) >= 11 is 0. The molecule has 0 aromatic carbocycles. The first-order valence-corrected chi connectivity index (χ1v) is 10.3. The zero-order valence-corrected chi connectivity index (χ0v) is 15.7. The summed E-state index contributed by atoms with van der Waals surface area (Å²) in [7, 11) is 0. The molecule has 1 N–H and O–H groups in total. The summed E-state index contributed by atoms with van der Waals surface area (Å²) in [5, 5.41) is 9.09. The van der Waals surface area contributed by atoms with Gasteiger partial charge in [0.25, 0.3) is 0 Å². The van der Waals surface area contributed by atoms with Crippen LogP contribution in [0.3, 0.4) is 0 Å². The first-order valence-electron chi connectivity index (χ1n) is 10.3. The molecule has 6 atom stereocenters. The van der Waals surface area contributed by atoms with E-state index in [1.807, 2.05) is 6.08 Å². The normalized spacial score (nSPS) is 46.0. The van der Waals surface area contributed by atoms with Gasteiger partial charge in [-0.3, -0.25) is 9.59 Å². The molecule has 4 aliphatic rings. The highest BCUT2D eigenvalue weighted by molar-refractivity contribution is 5.91. The first kappa shape index (κ1) is 17.3. The van der Waals surface area contributed by atoms with Crippen LogP contribution < -0.4 is 0 Å². The average Bonchev–Trinajstić information content (AvgIpc) is 2.90. The van der Waals surface area contributed by atoms with Gasteiger partial charge in [-0.15, -0.1) is 0 Å². The van der Waals surface area contributed by atoms with Gasteiger partial charge in [-0.1, -0.05) is 19.4 Å². The second-order valence-corrected chi connectivity index (χ2v) is 9.72. The van der Waals surface area contributed by atoms with Crippen LogP contribution in [0.1, 0.15) is 78.1 Å². The van der Waals surface area contributed by atoms with Gasteiger partial charge >= 0.3 is 5.97 Å². The smallest absolute Gasteiger partial charge is 0.303 e. The Kier molecular flexibility index (Phi) is 4.12. The summed E-state index contributed by atoms with van der Waals surface area (Å²) < 4.78 is 0. The predicted octanol–water partition coefficient (Wildman–Crippen LogP) is 5.00. The molecule has 0 aromatic heterocycles. The molecule has 0 spiro atoms. The molecule has 0 heterocycles. The number of carbonyl (C=O) groups excluding carboxylic acids is 1. The second-order valence-electron chi connectivity index (χ2n) is 9.72. The topological polar surface area (TPSA) is 54.4 Å². The molecule has 0 aliphatic heterocycles. The lowest BCUT2D eigenvalue weighted by molar-refractivity contribution is -0.137. The van der Waals surface area contributed by atoms with Gasteiger partial charge in [0.2, 0.25) is 0 Å². The minimum atomic E-state index is -0.646. The molecule has 0 amide bonds. The molecule has 0 saturated heterocycles. The van der Waals surface area contributed by atoms with Gasteiger partial charge in [0, 0.05) is 12.8 Å². The van der Waals surface area contributed by atoms with Crippen LogP contribution in [0.2, 0.25) is 0 Å². The molecule has 0 radical (unpaired) electrons. The Morgan fingerprint density at radius 3 is 2.68 bits per heavy atom. The molecule has 0 unspecified atom stereocenters. The summed E-state index contributed by atoms with van der Waals surface area (Å²) in [6.45, 7) is 4.90. The number of aliphatic carboxylic acids is 1. The SMILES string of the molecule is C[C@]12CC[C@H]3[C@@H](CCC4=CC(=O)CC[C@@]43C)[C@@H]1CC[C@H]2CCC(=O)O. The number of allylic oxidation sites excluding steroid dienone is 1. The van der Waals surface area contributed by atoms with Gasteiger partial charge in [0.1, 0.15) is 0 Å². The summed E-state index contributed by atoms with van der Waals surface area (Å²) in [5.74, 6) is 2.56. The monoisotopic (exact) mass is 344 g/mol. The third-order valence-corrected chi connectivity index (χ3v) is 8.87. The van der Waals surface area contributed by atoms with E-state index in [1.165, 1.54) is 37.7 Å². The number of fused-ring (bicyclic) bond motifs is 5. The third kappa shape index (κ3) is 2.61. The molecule has 25 heavy (non-hydrogen) atoms. The number of rotatable bonds is 3. The molecule has 138 valence electrons. The minimum absolute atomic E-state index is 0.247. The van der Waals surface area contributed by atoms with Crippen molar-refractivity contribution < 1.29 is 14.7 Å². The van der Waals surface area contributed by atoms with Crippen LogP contribution in [-0.2, 0) is 9.59 Å². The van der Waals surface area contributed by atoms with Gasteiger partial charge < -0.3 is 5.11 Å². The molecule has 0 bridgehead atoms. The van der Waals surface area contributed by atoms with Crippen LogP contribution in [0, 0.1) is 34.5 Å². The highest BCUT2D eigenvalue weighted by atomic mass is 16.4. The van der Waals surface area contributed by atoms with Crippen molar-refractivity contribution in [2.45, 2.75) is 78.1 Å². The molecule has 3 fully saturated rings. The lowest BCUT2D eigenvalue weighted by atomic mass is 9.46. The van der Waals surface area contributed by atoms with E-state index >= 15 is 0 Å². The molecule has 3 heteroatoms. The molecular formula is C22H32O3. The van der Waals surface area contributed by atoms with Crippen LogP contribution in [-0.4, -0.2) is 16.9 Å². The fourth-order valence-corrected chi connectivity index (χ4v) is 7.44. The fraction of sp³-hybridized carbons (Fsp3) is 0.818. The molecule has 3 nitrogen and oxygen atoms in total. The van der Waals surface area contributed by atoms with E-state index in [4.69, 9.17) is 5.11 Å². The number of ketones is 1. The van der Waals surface area contributed by atoms with Crippen molar-refractivity contribution in [3.8, 4) is 0 Å². The Morgan fingerprint density at radius 2 is 1.92 bits per heavy atom. The Bertz CT molecular complexity index is 621. The van der Waals surface area contributed by atoms with Gasteiger partial charge in [-0.25, -0.2) is 0 Å². The van der Waals surface area contributed by atoms with Crippen LogP contribution in [0.4, 0.5) is 0 Å². The molecule has 4 aliphatic carbocycles. The van der Waals surface area contributed by atoms with E-state index < -0.39 is 5.97 Å². The van der Waals surface area contributed by atoms with Crippen molar-refractivity contribution in [3.05, 3.63) is 11.6 Å². The Morgan fingerprint density at radius 1 is 1.12 bits per heavy atom. The summed E-state index contributed by atoms with van der Waals surface area (Å²) in [6, 6.07) is 0. The van der Waals surface area contributed by atoms with E-state index in [0.29, 0.717) is 23.5 Å². The largest absolute Gasteiger partial charge is 0.481 e. The van der Waals surface area contributed by atoms with Gasteiger partial charge in [0.05, 0.1) is 0 Å². The van der Waals surface area contributed by atoms with Crippen LogP contribution in [0.25, 0.3) is 0 Å². The number of carboxylic acid groups (broad SMARTS) is 1. The summed E-state index contributed by atoms with van der Waals surface area (Å²) in [6.07, 6.45) is 12.3. The van der Waals surface area contributed by atoms with Crippen molar-refractivity contribution in [2.75, 3.05) is 0 Å². The van der Waals surface area contributed by atoms with Crippen molar-refractivity contribution in [3.63, 3.8) is 0 Å². The second kappa shape index (κ2) is 5.96. The lowest BCUT2D eigenvalue weighted by Crippen LogP contribution is -2.50. The summed E-state index contributed by atoms with van der Waals surface area (Å²) in [4.78, 5) is 22.9. The molecule has 0 aromatic rings. The first-order chi connectivity index (χ1) is 11.8. The zero-order valence-electron chi connectivity index (χ0n) is 15.7. The Hall–Kier alpha value is -1.12.